The molecule has 0 atom stereocenters. The summed E-state index contributed by atoms with van der Waals surface area (Å²) in [4.78, 5) is 2.36. The third kappa shape index (κ3) is 3.39. The van der Waals surface area contributed by atoms with E-state index in [1.54, 1.807) is 13.2 Å². The highest BCUT2D eigenvalue weighted by Gasteiger charge is 2.14. The average Bonchev–Trinajstić information content (AvgIpc) is 3.15. The minimum atomic E-state index is 0.521. The van der Waals surface area contributed by atoms with E-state index in [0.717, 1.165) is 35.7 Å². The van der Waals surface area contributed by atoms with Crippen LogP contribution in [0.15, 0.2) is 42.5 Å². The van der Waals surface area contributed by atoms with E-state index in [1.165, 1.54) is 12.8 Å². The molecule has 0 bridgehead atoms. The Labute approximate surface area is 147 Å². The molecule has 1 aliphatic rings. The number of rotatable bonds is 4. The standard InChI is InChI=1S/C20H19ClN2O/c1-24-20-13-17(23-10-4-5-11-23)9-8-15(20)12-16(14-22)18-6-2-3-7-19(18)21/h2-3,6-9,12-13H,4-5,10-11H2,1H3. The van der Waals surface area contributed by atoms with Crippen molar-refractivity contribution in [1.29, 1.82) is 5.26 Å². The fourth-order valence-electron chi connectivity index (χ4n) is 3.00. The zero-order valence-electron chi connectivity index (χ0n) is 13.6. The van der Waals surface area contributed by atoms with Crippen LogP contribution in [0.1, 0.15) is 24.0 Å². The van der Waals surface area contributed by atoms with Crippen LogP contribution in [0.25, 0.3) is 11.6 Å². The molecule has 3 nitrogen and oxygen atoms in total. The molecule has 0 amide bonds. The Bertz CT molecular complexity index is 802. The van der Waals surface area contributed by atoms with E-state index in [-0.39, 0.29) is 0 Å². The lowest BCUT2D eigenvalue weighted by atomic mass is 10.0. The first-order valence-electron chi connectivity index (χ1n) is 8.02. The van der Waals surface area contributed by atoms with Crippen molar-refractivity contribution >= 4 is 28.9 Å². The van der Waals surface area contributed by atoms with E-state index >= 15 is 0 Å². The number of hydrogen-bond donors (Lipinski definition) is 0. The lowest BCUT2D eigenvalue weighted by Gasteiger charge is -2.19. The van der Waals surface area contributed by atoms with Gasteiger partial charge in [-0.05, 0) is 37.1 Å². The van der Waals surface area contributed by atoms with Crippen molar-refractivity contribution in [1.82, 2.24) is 0 Å². The molecular weight excluding hydrogens is 320 g/mol. The molecule has 0 N–H and O–H groups in total. The van der Waals surface area contributed by atoms with E-state index in [1.807, 2.05) is 36.4 Å². The third-order valence-corrected chi connectivity index (χ3v) is 4.60. The van der Waals surface area contributed by atoms with Gasteiger partial charge in [-0.15, -0.1) is 0 Å². The summed E-state index contributed by atoms with van der Waals surface area (Å²) in [6.07, 6.45) is 4.29. The van der Waals surface area contributed by atoms with Gasteiger partial charge in [0.25, 0.3) is 0 Å². The summed E-state index contributed by atoms with van der Waals surface area (Å²) in [5, 5.41) is 10.1. The number of nitriles is 1. The van der Waals surface area contributed by atoms with Crippen LogP contribution in [-0.2, 0) is 0 Å². The van der Waals surface area contributed by atoms with E-state index in [2.05, 4.69) is 17.0 Å². The molecule has 1 saturated heterocycles. The fraction of sp³-hybridized carbons (Fsp3) is 0.250. The van der Waals surface area contributed by atoms with Crippen LogP contribution in [0.4, 0.5) is 5.69 Å². The normalized spacial score (nSPS) is 14.5. The lowest BCUT2D eigenvalue weighted by Crippen LogP contribution is -2.17. The molecule has 0 saturated carbocycles. The van der Waals surface area contributed by atoms with Gasteiger partial charge in [-0.3, -0.25) is 0 Å². The summed E-state index contributed by atoms with van der Waals surface area (Å²) in [6.45, 7) is 2.17. The van der Waals surface area contributed by atoms with Crippen LogP contribution < -0.4 is 9.64 Å². The predicted molar refractivity (Wildman–Crippen MR) is 99.4 cm³/mol. The molecule has 1 fully saturated rings. The monoisotopic (exact) mass is 338 g/mol. The molecule has 0 radical (unpaired) electrons. The molecule has 2 aromatic rings. The first kappa shape index (κ1) is 16.4. The smallest absolute Gasteiger partial charge is 0.128 e. The van der Waals surface area contributed by atoms with Gasteiger partial charge in [0.05, 0.1) is 18.8 Å². The average molecular weight is 339 g/mol. The zero-order chi connectivity index (χ0) is 16.9. The second-order valence-corrected chi connectivity index (χ2v) is 6.18. The fourth-order valence-corrected chi connectivity index (χ4v) is 3.23. The first-order chi connectivity index (χ1) is 11.7. The molecule has 0 aromatic heterocycles. The van der Waals surface area contributed by atoms with Crippen LogP contribution in [0.5, 0.6) is 5.75 Å². The molecule has 1 heterocycles. The van der Waals surface area contributed by atoms with Gasteiger partial charge in [-0.2, -0.15) is 5.26 Å². The quantitative estimate of drug-likeness (QED) is 0.580. The van der Waals surface area contributed by atoms with Gasteiger partial charge >= 0.3 is 0 Å². The maximum atomic E-state index is 9.53. The van der Waals surface area contributed by atoms with Gasteiger partial charge < -0.3 is 9.64 Å². The van der Waals surface area contributed by atoms with Crippen molar-refractivity contribution in [3.8, 4) is 11.8 Å². The number of hydrogen-bond acceptors (Lipinski definition) is 3. The van der Waals surface area contributed by atoms with E-state index < -0.39 is 0 Å². The minimum absolute atomic E-state index is 0.521. The van der Waals surface area contributed by atoms with E-state index in [4.69, 9.17) is 16.3 Å². The van der Waals surface area contributed by atoms with Crippen molar-refractivity contribution in [2.45, 2.75) is 12.8 Å². The highest BCUT2D eigenvalue weighted by atomic mass is 35.5. The van der Waals surface area contributed by atoms with Crippen molar-refractivity contribution in [3.05, 3.63) is 58.6 Å². The van der Waals surface area contributed by atoms with Crippen molar-refractivity contribution < 1.29 is 4.74 Å². The number of halogens is 1. The number of methoxy groups -OCH3 is 1. The zero-order valence-corrected chi connectivity index (χ0v) is 14.4. The molecule has 0 spiro atoms. The van der Waals surface area contributed by atoms with Crippen LogP contribution in [0.2, 0.25) is 5.02 Å². The van der Waals surface area contributed by atoms with E-state index in [9.17, 15) is 5.26 Å². The van der Waals surface area contributed by atoms with Gasteiger partial charge in [0.1, 0.15) is 5.75 Å². The van der Waals surface area contributed by atoms with Gasteiger partial charge in [-0.25, -0.2) is 0 Å². The van der Waals surface area contributed by atoms with Crippen molar-refractivity contribution in [2.75, 3.05) is 25.1 Å². The molecular formula is C20H19ClN2O. The Morgan fingerprint density at radius 1 is 1.21 bits per heavy atom. The Morgan fingerprint density at radius 2 is 1.96 bits per heavy atom. The molecule has 3 rings (SSSR count). The van der Waals surface area contributed by atoms with Crippen LogP contribution in [0, 0.1) is 11.3 Å². The molecule has 0 aliphatic carbocycles. The third-order valence-electron chi connectivity index (χ3n) is 4.27. The second-order valence-electron chi connectivity index (χ2n) is 5.77. The lowest BCUT2D eigenvalue weighted by molar-refractivity contribution is 0.414. The Kier molecular flexibility index (Phi) is 5.08. The Morgan fingerprint density at radius 3 is 2.62 bits per heavy atom. The second kappa shape index (κ2) is 7.42. The number of ether oxygens (including phenoxy) is 1. The summed E-state index contributed by atoms with van der Waals surface area (Å²) >= 11 is 6.22. The molecule has 2 aromatic carbocycles. The summed E-state index contributed by atoms with van der Waals surface area (Å²) in [7, 11) is 1.65. The highest BCUT2D eigenvalue weighted by molar-refractivity contribution is 6.32. The molecule has 24 heavy (non-hydrogen) atoms. The van der Waals surface area contributed by atoms with Crippen LogP contribution in [0.3, 0.4) is 0 Å². The summed E-state index contributed by atoms with van der Waals surface area (Å²) in [5.41, 5.74) is 3.29. The Hall–Kier alpha value is -2.44. The number of benzene rings is 2. The molecule has 122 valence electrons. The highest BCUT2D eigenvalue weighted by Crippen LogP contribution is 2.32. The Balaban J connectivity index is 1.99. The number of allylic oxidation sites excluding steroid dienone is 1. The van der Waals surface area contributed by atoms with Gasteiger partial charge in [0.15, 0.2) is 0 Å². The van der Waals surface area contributed by atoms with Crippen LogP contribution >= 0.6 is 11.6 Å². The summed E-state index contributed by atoms with van der Waals surface area (Å²) in [5.74, 6) is 0.763. The minimum Gasteiger partial charge on any atom is -0.496 e. The number of anilines is 1. The maximum Gasteiger partial charge on any atom is 0.128 e. The topological polar surface area (TPSA) is 36.3 Å². The number of nitrogens with zero attached hydrogens (tertiary/aromatic N) is 2. The molecule has 1 aliphatic heterocycles. The largest absolute Gasteiger partial charge is 0.496 e. The van der Waals surface area contributed by atoms with Gasteiger partial charge in [0, 0.05) is 41.0 Å². The van der Waals surface area contributed by atoms with E-state index in [0.29, 0.717) is 10.6 Å². The van der Waals surface area contributed by atoms with Crippen LogP contribution in [-0.4, -0.2) is 20.2 Å². The van der Waals surface area contributed by atoms with Gasteiger partial charge in [-0.1, -0.05) is 29.8 Å². The first-order valence-corrected chi connectivity index (χ1v) is 8.40. The summed E-state index contributed by atoms with van der Waals surface area (Å²) < 4.78 is 5.54. The SMILES string of the molecule is COc1cc(N2CCCC2)ccc1C=C(C#N)c1ccccc1Cl. The van der Waals surface area contributed by atoms with Crippen molar-refractivity contribution in [2.24, 2.45) is 0 Å². The van der Waals surface area contributed by atoms with Gasteiger partial charge in [0.2, 0.25) is 0 Å². The molecule has 4 heteroatoms. The molecule has 0 unspecified atom stereocenters. The predicted octanol–water partition coefficient (Wildman–Crippen LogP) is 5.01. The van der Waals surface area contributed by atoms with Crippen molar-refractivity contribution in [3.63, 3.8) is 0 Å². The maximum absolute atomic E-state index is 9.53. The summed E-state index contributed by atoms with van der Waals surface area (Å²) in [6, 6.07) is 15.7.